The second kappa shape index (κ2) is 4.16. The lowest BCUT2D eigenvalue weighted by molar-refractivity contribution is -0.327. The summed E-state index contributed by atoms with van der Waals surface area (Å²) in [4.78, 5) is 19.7. The van der Waals surface area contributed by atoms with Crippen LogP contribution in [0.1, 0.15) is 0 Å². The fourth-order valence-electron chi connectivity index (χ4n) is 2.26. The van der Waals surface area contributed by atoms with Gasteiger partial charge in [-0.25, -0.2) is 0 Å². The highest BCUT2D eigenvalue weighted by Crippen LogP contribution is 2.35. The van der Waals surface area contributed by atoms with E-state index in [4.69, 9.17) is 0 Å². The van der Waals surface area contributed by atoms with Gasteiger partial charge in [0.2, 0.25) is 5.69 Å². The molecule has 0 atom stereocenters. The van der Waals surface area contributed by atoms with E-state index >= 15 is 0 Å². The molecule has 0 fully saturated rings. The molecule has 0 saturated carbocycles. The summed E-state index contributed by atoms with van der Waals surface area (Å²) in [5, 5.41) is 12.8. The van der Waals surface area contributed by atoms with Gasteiger partial charge in [0.1, 0.15) is 5.75 Å². The molecule has 20 heavy (non-hydrogen) atoms. The topological polar surface area (TPSA) is 67.2 Å². The number of aromatic nitrogens is 2. The number of fused-ring (bicyclic) bond motifs is 3. The SMILES string of the molecule is O=c1cc(O)c2sc3[nH+]c(-c4cccs4)ccc3c2[nH]1. The Morgan fingerprint density at radius 3 is 2.95 bits per heavy atom. The minimum atomic E-state index is -0.294. The van der Waals surface area contributed by atoms with Gasteiger partial charge in [0.15, 0.2) is 0 Å². The number of aromatic amines is 2. The summed E-state index contributed by atoms with van der Waals surface area (Å²) in [7, 11) is 0. The molecule has 0 radical (unpaired) electrons. The Hall–Kier alpha value is -2.18. The smallest absolute Gasteiger partial charge is 0.270 e. The highest BCUT2D eigenvalue weighted by Gasteiger charge is 2.16. The normalized spacial score (nSPS) is 11.4. The number of thiophene rings is 2. The zero-order valence-corrected chi connectivity index (χ0v) is 11.8. The predicted molar refractivity (Wildman–Crippen MR) is 81.5 cm³/mol. The zero-order chi connectivity index (χ0) is 13.7. The van der Waals surface area contributed by atoms with Crippen LogP contribution in [0.2, 0.25) is 0 Å². The van der Waals surface area contributed by atoms with Gasteiger partial charge in [-0.15, -0.1) is 11.3 Å². The fourth-order valence-corrected chi connectivity index (χ4v) is 4.03. The third-order valence-corrected chi connectivity index (χ3v) is 5.19. The van der Waals surface area contributed by atoms with Crippen LogP contribution in [-0.4, -0.2) is 10.1 Å². The number of hydrogen-bond donors (Lipinski definition) is 2. The second-order valence-corrected chi connectivity index (χ2v) is 6.39. The van der Waals surface area contributed by atoms with Crippen molar-refractivity contribution in [3.8, 4) is 16.3 Å². The van der Waals surface area contributed by atoms with Crippen molar-refractivity contribution >= 4 is 43.1 Å². The minimum absolute atomic E-state index is 0.0241. The van der Waals surface area contributed by atoms with Crippen LogP contribution in [-0.2, 0) is 0 Å². The van der Waals surface area contributed by atoms with Gasteiger partial charge < -0.3 is 10.1 Å². The van der Waals surface area contributed by atoms with E-state index in [1.165, 1.54) is 17.4 Å². The summed E-state index contributed by atoms with van der Waals surface area (Å²) in [5.74, 6) is 0.0241. The first-order valence-corrected chi connectivity index (χ1v) is 7.67. The number of nitrogens with one attached hydrogen (secondary N) is 2. The summed E-state index contributed by atoms with van der Waals surface area (Å²) < 4.78 is 0.694. The molecule has 4 rings (SSSR count). The predicted octanol–water partition coefficient (Wildman–Crippen LogP) is 2.99. The molecule has 4 nitrogen and oxygen atoms in total. The van der Waals surface area contributed by atoms with Gasteiger partial charge in [0.25, 0.3) is 10.4 Å². The molecule has 0 aliphatic carbocycles. The van der Waals surface area contributed by atoms with Gasteiger partial charge in [0, 0.05) is 12.1 Å². The Balaban J connectivity index is 2.07. The van der Waals surface area contributed by atoms with E-state index in [9.17, 15) is 9.90 Å². The maximum absolute atomic E-state index is 11.5. The summed E-state index contributed by atoms with van der Waals surface area (Å²) in [6.07, 6.45) is 0. The largest absolute Gasteiger partial charge is 0.506 e. The van der Waals surface area contributed by atoms with Crippen LogP contribution in [0.5, 0.6) is 5.75 Å². The van der Waals surface area contributed by atoms with Gasteiger partial charge in [0.05, 0.1) is 20.5 Å². The summed E-state index contributed by atoms with van der Waals surface area (Å²) in [6, 6.07) is 9.22. The Morgan fingerprint density at radius 1 is 1.25 bits per heavy atom. The lowest BCUT2D eigenvalue weighted by Crippen LogP contribution is -2.05. The first kappa shape index (κ1) is 11.6. The Kier molecular flexibility index (Phi) is 2.42. The molecule has 0 spiro atoms. The minimum Gasteiger partial charge on any atom is -0.506 e. The summed E-state index contributed by atoms with van der Waals surface area (Å²) >= 11 is 3.10. The van der Waals surface area contributed by atoms with Crippen LogP contribution in [0.4, 0.5) is 0 Å². The molecular formula is C14H9N2O2S2+. The molecule has 0 bridgehead atoms. The molecule has 0 aromatic carbocycles. The third-order valence-electron chi connectivity index (χ3n) is 3.15. The molecular weight excluding hydrogens is 292 g/mol. The van der Waals surface area contributed by atoms with Crippen LogP contribution in [0, 0.1) is 0 Å². The van der Waals surface area contributed by atoms with E-state index in [1.807, 2.05) is 23.6 Å². The number of hydrogen-bond acceptors (Lipinski definition) is 4. The molecule has 0 aliphatic rings. The molecule has 98 valence electrons. The first-order valence-electron chi connectivity index (χ1n) is 5.97. The summed E-state index contributed by atoms with van der Waals surface area (Å²) in [5.41, 5.74) is 1.42. The Bertz CT molecular complexity index is 984. The van der Waals surface area contributed by atoms with Gasteiger partial charge >= 0.3 is 0 Å². The average molecular weight is 301 g/mol. The van der Waals surface area contributed by atoms with Crippen molar-refractivity contribution < 1.29 is 10.1 Å². The zero-order valence-electron chi connectivity index (χ0n) is 10.1. The van der Waals surface area contributed by atoms with Gasteiger partial charge in [-0.1, -0.05) is 17.4 Å². The number of aromatic hydroxyl groups is 1. The first-order chi connectivity index (χ1) is 9.72. The second-order valence-electron chi connectivity index (χ2n) is 4.42. The Labute approximate surface area is 121 Å². The molecule has 4 heterocycles. The molecule has 3 N–H and O–H groups in total. The third kappa shape index (κ3) is 1.65. The molecule has 6 heteroatoms. The highest BCUT2D eigenvalue weighted by atomic mass is 32.1. The number of pyridine rings is 2. The van der Waals surface area contributed by atoms with Crippen molar-refractivity contribution in [2.75, 3.05) is 0 Å². The number of H-pyrrole nitrogens is 2. The van der Waals surface area contributed by atoms with Crippen molar-refractivity contribution in [1.29, 1.82) is 0 Å². The standard InChI is InChI=1S/C14H8N2O2S2/c17-9-6-11(18)16-12-7-3-4-8(10-2-1-5-19-10)15-14(7)20-13(9)12/h1-6H,(H2,16,17,18)/p+1. The molecule has 0 unspecified atom stereocenters. The maximum atomic E-state index is 11.5. The van der Waals surface area contributed by atoms with Crippen LogP contribution < -0.4 is 10.5 Å². The van der Waals surface area contributed by atoms with E-state index in [0.29, 0.717) is 10.2 Å². The monoisotopic (exact) mass is 301 g/mol. The van der Waals surface area contributed by atoms with Crippen molar-refractivity contribution in [1.82, 2.24) is 4.98 Å². The fraction of sp³-hybridized carbons (Fsp3) is 0. The molecule has 4 aromatic rings. The molecule has 4 aromatic heterocycles. The van der Waals surface area contributed by atoms with E-state index in [-0.39, 0.29) is 11.3 Å². The van der Waals surface area contributed by atoms with E-state index in [1.54, 1.807) is 11.3 Å². The van der Waals surface area contributed by atoms with Crippen LogP contribution in [0.25, 0.3) is 31.0 Å². The Morgan fingerprint density at radius 2 is 2.15 bits per heavy atom. The lowest BCUT2D eigenvalue weighted by Gasteiger charge is -1.92. The maximum Gasteiger partial charge on any atom is 0.270 e. The van der Waals surface area contributed by atoms with Gasteiger partial charge in [-0.05, 0) is 17.5 Å². The van der Waals surface area contributed by atoms with E-state index in [0.717, 1.165) is 20.8 Å². The summed E-state index contributed by atoms with van der Waals surface area (Å²) in [6.45, 7) is 0. The van der Waals surface area contributed by atoms with Crippen molar-refractivity contribution in [2.24, 2.45) is 0 Å². The van der Waals surface area contributed by atoms with Crippen molar-refractivity contribution in [3.63, 3.8) is 0 Å². The van der Waals surface area contributed by atoms with Gasteiger partial charge in [-0.3, -0.25) is 4.79 Å². The number of rotatable bonds is 1. The quantitative estimate of drug-likeness (QED) is 0.567. The average Bonchev–Trinajstić information content (AvgIpc) is 3.05. The molecule has 0 amide bonds. The lowest BCUT2D eigenvalue weighted by atomic mass is 10.2. The van der Waals surface area contributed by atoms with Crippen LogP contribution in [0.15, 0.2) is 40.5 Å². The van der Waals surface area contributed by atoms with Gasteiger partial charge in [-0.2, -0.15) is 4.98 Å². The molecule has 0 saturated heterocycles. The molecule has 0 aliphatic heterocycles. The van der Waals surface area contributed by atoms with E-state index < -0.39 is 0 Å². The van der Waals surface area contributed by atoms with Crippen molar-refractivity contribution in [2.45, 2.75) is 0 Å². The highest BCUT2D eigenvalue weighted by molar-refractivity contribution is 7.25. The van der Waals surface area contributed by atoms with Crippen molar-refractivity contribution in [3.05, 3.63) is 46.1 Å². The van der Waals surface area contributed by atoms with Crippen LogP contribution in [0.3, 0.4) is 0 Å². The van der Waals surface area contributed by atoms with E-state index in [2.05, 4.69) is 16.0 Å². The van der Waals surface area contributed by atoms with Crippen LogP contribution >= 0.6 is 22.7 Å².